The largest absolute Gasteiger partial charge is 0.444 e. The normalized spacial score (nSPS) is 22.6. The maximum absolute atomic E-state index is 11.9. The van der Waals surface area contributed by atoms with Crippen LogP contribution in [-0.4, -0.2) is 42.3 Å². The summed E-state index contributed by atoms with van der Waals surface area (Å²) >= 11 is 0. The Morgan fingerprint density at radius 2 is 2.18 bits per heavy atom. The lowest BCUT2D eigenvalue weighted by Crippen LogP contribution is -2.38. The van der Waals surface area contributed by atoms with Gasteiger partial charge in [-0.25, -0.2) is 4.79 Å². The molecule has 1 aliphatic rings. The number of nitrogens with zero attached hydrogens (tertiary/aromatic N) is 1. The molecule has 0 radical (unpaired) electrons. The first kappa shape index (κ1) is 14.3. The highest BCUT2D eigenvalue weighted by Crippen LogP contribution is 2.21. The first-order valence-corrected chi connectivity index (χ1v) is 6.54. The molecule has 4 heteroatoms. The van der Waals surface area contributed by atoms with Gasteiger partial charge in [-0.2, -0.15) is 0 Å². The van der Waals surface area contributed by atoms with Gasteiger partial charge in [-0.05, 0) is 46.6 Å². The molecule has 0 saturated carbocycles. The molecule has 0 aromatic heterocycles. The first-order chi connectivity index (χ1) is 7.83. The zero-order valence-electron chi connectivity index (χ0n) is 11.7. The molecule has 0 aliphatic carbocycles. The number of rotatable bonds is 3. The van der Waals surface area contributed by atoms with Crippen LogP contribution >= 0.6 is 0 Å². The number of likely N-dealkylation sites (tertiary alicyclic amines) is 1. The monoisotopic (exact) mass is 242 g/mol. The standard InChI is InChI=1S/C13H26N2O2/c1-6-14-10(2)11-7-8-15(9-11)12(16)17-13(3,4)5/h10-11,14H,6-9H2,1-5H3. The fourth-order valence-electron chi connectivity index (χ4n) is 2.18. The second-order valence-electron chi connectivity index (χ2n) is 5.82. The van der Waals surface area contributed by atoms with Crippen LogP contribution in [0.5, 0.6) is 0 Å². The van der Waals surface area contributed by atoms with E-state index in [9.17, 15) is 4.79 Å². The SMILES string of the molecule is CCNC(C)C1CCN(C(=O)OC(C)(C)C)C1. The molecular formula is C13H26N2O2. The molecular weight excluding hydrogens is 216 g/mol. The molecule has 0 spiro atoms. The van der Waals surface area contributed by atoms with Gasteiger partial charge in [-0.3, -0.25) is 0 Å². The fraction of sp³-hybridized carbons (Fsp3) is 0.923. The van der Waals surface area contributed by atoms with E-state index in [0.717, 1.165) is 26.1 Å². The first-order valence-electron chi connectivity index (χ1n) is 6.54. The molecule has 0 aromatic carbocycles. The van der Waals surface area contributed by atoms with Crippen LogP contribution in [0.3, 0.4) is 0 Å². The van der Waals surface area contributed by atoms with E-state index in [4.69, 9.17) is 4.74 Å². The average Bonchev–Trinajstić information content (AvgIpc) is 2.63. The smallest absolute Gasteiger partial charge is 0.410 e. The van der Waals surface area contributed by atoms with Gasteiger partial charge in [-0.15, -0.1) is 0 Å². The van der Waals surface area contributed by atoms with E-state index < -0.39 is 5.60 Å². The van der Waals surface area contributed by atoms with Crippen molar-refractivity contribution in [2.45, 2.75) is 52.7 Å². The predicted molar refractivity (Wildman–Crippen MR) is 69.1 cm³/mol. The van der Waals surface area contributed by atoms with E-state index in [-0.39, 0.29) is 6.09 Å². The molecule has 0 bridgehead atoms. The molecule has 0 aromatic rings. The van der Waals surface area contributed by atoms with Crippen molar-refractivity contribution in [2.24, 2.45) is 5.92 Å². The van der Waals surface area contributed by atoms with E-state index in [1.54, 1.807) is 0 Å². The topological polar surface area (TPSA) is 41.6 Å². The van der Waals surface area contributed by atoms with Gasteiger partial charge >= 0.3 is 6.09 Å². The average molecular weight is 242 g/mol. The molecule has 1 aliphatic heterocycles. The van der Waals surface area contributed by atoms with Crippen LogP contribution in [0.1, 0.15) is 41.0 Å². The fourth-order valence-corrected chi connectivity index (χ4v) is 2.18. The van der Waals surface area contributed by atoms with Crippen LogP contribution in [0.2, 0.25) is 0 Å². The minimum Gasteiger partial charge on any atom is -0.444 e. The highest BCUT2D eigenvalue weighted by molar-refractivity contribution is 5.68. The lowest BCUT2D eigenvalue weighted by atomic mass is 10.0. The minimum atomic E-state index is -0.400. The number of carbonyl (C=O) groups is 1. The van der Waals surface area contributed by atoms with Crippen molar-refractivity contribution >= 4 is 6.09 Å². The van der Waals surface area contributed by atoms with Crippen molar-refractivity contribution in [3.63, 3.8) is 0 Å². The number of nitrogens with one attached hydrogen (secondary N) is 1. The Kier molecular flexibility index (Phi) is 4.80. The maximum Gasteiger partial charge on any atom is 0.410 e. The Morgan fingerprint density at radius 3 is 2.71 bits per heavy atom. The van der Waals surface area contributed by atoms with Gasteiger partial charge in [0.05, 0.1) is 0 Å². The van der Waals surface area contributed by atoms with E-state index in [0.29, 0.717) is 12.0 Å². The van der Waals surface area contributed by atoms with Crippen molar-refractivity contribution in [1.29, 1.82) is 0 Å². The number of hydrogen-bond donors (Lipinski definition) is 1. The molecule has 2 atom stereocenters. The lowest BCUT2D eigenvalue weighted by molar-refractivity contribution is 0.0286. The summed E-state index contributed by atoms with van der Waals surface area (Å²) in [4.78, 5) is 13.7. The zero-order chi connectivity index (χ0) is 13.1. The molecule has 100 valence electrons. The Morgan fingerprint density at radius 1 is 1.53 bits per heavy atom. The summed E-state index contributed by atoms with van der Waals surface area (Å²) in [6, 6.07) is 0.465. The number of hydrogen-bond acceptors (Lipinski definition) is 3. The summed E-state index contributed by atoms with van der Waals surface area (Å²) in [7, 11) is 0. The van der Waals surface area contributed by atoms with Gasteiger partial charge in [0.25, 0.3) is 0 Å². The summed E-state index contributed by atoms with van der Waals surface area (Å²) in [5, 5.41) is 3.42. The second kappa shape index (κ2) is 5.71. The Bertz CT molecular complexity index is 261. The van der Waals surface area contributed by atoms with Crippen molar-refractivity contribution in [3.05, 3.63) is 0 Å². The molecule has 4 nitrogen and oxygen atoms in total. The lowest BCUT2D eigenvalue weighted by Gasteiger charge is -2.25. The quantitative estimate of drug-likeness (QED) is 0.825. The predicted octanol–water partition coefficient (Wildman–Crippen LogP) is 2.24. The van der Waals surface area contributed by atoms with Crippen LogP contribution in [0, 0.1) is 5.92 Å². The highest BCUT2D eigenvalue weighted by Gasteiger charge is 2.31. The van der Waals surface area contributed by atoms with Gasteiger partial charge in [0.2, 0.25) is 0 Å². The van der Waals surface area contributed by atoms with Crippen LogP contribution in [0.4, 0.5) is 4.79 Å². The van der Waals surface area contributed by atoms with E-state index >= 15 is 0 Å². The van der Waals surface area contributed by atoms with E-state index in [1.807, 2.05) is 25.7 Å². The summed E-state index contributed by atoms with van der Waals surface area (Å²) in [5.74, 6) is 0.544. The molecule has 1 amide bonds. The van der Waals surface area contributed by atoms with Gasteiger partial charge < -0.3 is 15.0 Å². The third kappa shape index (κ3) is 4.54. The van der Waals surface area contributed by atoms with Crippen molar-refractivity contribution in [3.8, 4) is 0 Å². The van der Waals surface area contributed by atoms with E-state index in [2.05, 4.69) is 19.2 Å². The van der Waals surface area contributed by atoms with Gasteiger partial charge in [-0.1, -0.05) is 6.92 Å². The third-order valence-corrected chi connectivity index (χ3v) is 3.11. The van der Waals surface area contributed by atoms with Crippen LogP contribution in [0.25, 0.3) is 0 Å². The van der Waals surface area contributed by atoms with Crippen molar-refractivity contribution in [1.82, 2.24) is 10.2 Å². The molecule has 1 N–H and O–H groups in total. The summed E-state index contributed by atoms with van der Waals surface area (Å²) in [6.45, 7) is 12.6. The molecule has 1 rings (SSSR count). The Labute approximate surface area is 105 Å². The zero-order valence-corrected chi connectivity index (χ0v) is 11.7. The van der Waals surface area contributed by atoms with E-state index in [1.165, 1.54) is 0 Å². The second-order valence-corrected chi connectivity index (χ2v) is 5.82. The van der Waals surface area contributed by atoms with Crippen molar-refractivity contribution in [2.75, 3.05) is 19.6 Å². The number of ether oxygens (including phenoxy) is 1. The Balaban J connectivity index is 2.42. The van der Waals surface area contributed by atoms with Crippen molar-refractivity contribution < 1.29 is 9.53 Å². The summed E-state index contributed by atoms with van der Waals surface area (Å²) in [6.07, 6.45) is 0.886. The molecule has 2 unspecified atom stereocenters. The Hall–Kier alpha value is -0.770. The highest BCUT2D eigenvalue weighted by atomic mass is 16.6. The third-order valence-electron chi connectivity index (χ3n) is 3.11. The van der Waals surface area contributed by atoms with Crippen LogP contribution in [0.15, 0.2) is 0 Å². The van der Waals surface area contributed by atoms with Crippen LogP contribution in [-0.2, 0) is 4.74 Å². The molecule has 17 heavy (non-hydrogen) atoms. The molecule has 1 saturated heterocycles. The minimum absolute atomic E-state index is 0.177. The van der Waals surface area contributed by atoms with Crippen LogP contribution < -0.4 is 5.32 Å². The number of amides is 1. The maximum atomic E-state index is 11.9. The molecule has 1 fully saturated rings. The van der Waals surface area contributed by atoms with Gasteiger partial charge in [0.1, 0.15) is 5.60 Å². The summed E-state index contributed by atoms with van der Waals surface area (Å²) in [5.41, 5.74) is -0.400. The molecule has 1 heterocycles. The van der Waals surface area contributed by atoms with Gasteiger partial charge in [0, 0.05) is 19.1 Å². The summed E-state index contributed by atoms with van der Waals surface area (Å²) < 4.78 is 5.38. The number of carbonyl (C=O) groups excluding carboxylic acids is 1. The van der Waals surface area contributed by atoms with Gasteiger partial charge in [0.15, 0.2) is 0 Å².